The molecule has 0 unspecified atom stereocenters. The third-order valence-electron chi connectivity index (χ3n) is 1.56. The maximum atomic E-state index is 11.2. The highest BCUT2D eigenvalue weighted by atomic mass is 79.9. The summed E-state index contributed by atoms with van der Waals surface area (Å²) >= 11 is 3.21. The molecule has 0 aromatic carbocycles. The maximum absolute atomic E-state index is 11.2. The van der Waals surface area contributed by atoms with Crippen LogP contribution < -0.4 is 4.72 Å². The largest absolute Gasteiger partial charge is 0.379 e. The van der Waals surface area contributed by atoms with E-state index >= 15 is 0 Å². The van der Waals surface area contributed by atoms with E-state index in [-0.39, 0.29) is 5.75 Å². The van der Waals surface area contributed by atoms with E-state index in [1.54, 1.807) is 0 Å². The van der Waals surface area contributed by atoms with Crippen LogP contribution in [0.2, 0.25) is 0 Å². The molecule has 0 amide bonds. The van der Waals surface area contributed by atoms with Gasteiger partial charge in [-0.25, -0.2) is 13.1 Å². The summed E-state index contributed by atoms with van der Waals surface area (Å²) in [4.78, 5) is 0. The minimum absolute atomic E-state index is 0.210. The van der Waals surface area contributed by atoms with Crippen molar-refractivity contribution in [3.8, 4) is 0 Å². The fourth-order valence-electron chi connectivity index (χ4n) is 0.832. The lowest BCUT2D eigenvalue weighted by Gasteiger charge is -2.05. The van der Waals surface area contributed by atoms with Crippen LogP contribution in [0.4, 0.5) is 0 Å². The number of hydrogen-bond acceptors (Lipinski definition) is 3. The summed E-state index contributed by atoms with van der Waals surface area (Å²) in [7, 11) is -3.07. The molecule has 0 rings (SSSR count). The summed E-state index contributed by atoms with van der Waals surface area (Å²) < 4.78 is 30.1. The first-order valence-electron chi connectivity index (χ1n) is 4.73. The Labute approximate surface area is 94.6 Å². The summed E-state index contributed by atoms with van der Waals surface area (Å²) in [5.41, 5.74) is 0. The molecular weight excluding hydrogens is 270 g/mol. The molecule has 0 bridgehead atoms. The molecule has 0 radical (unpaired) electrons. The molecule has 0 spiro atoms. The fourth-order valence-corrected chi connectivity index (χ4v) is 2.27. The third kappa shape index (κ3) is 8.93. The van der Waals surface area contributed by atoms with Gasteiger partial charge in [0.25, 0.3) is 0 Å². The molecule has 0 fully saturated rings. The highest BCUT2D eigenvalue weighted by molar-refractivity contribution is 9.09. The van der Waals surface area contributed by atoms with Crippen molar-refractivity contribution in [3.63, 3.8) is 0 Å². The van der Waals surface area contributed by atoms with Crippen molar-refractivity contribution in [2.45, 2.75) is 19.8 Å². The average molecular weight is 288 g/mol. The Morgan fingerprint density at radius 2 is 2.07 bits per heavy atom. The van der Waals surface area contributed by atoms with Crippen molar-refractivity contribution in [2.75, 3.05) is 30.8 Å². The second-order valence-electron chi connectivity index (χ2n) is 2.87. The first-order valence-corrected chi connectivity index (χ1v) is 7.51. The number of ether oxygens (including phenoxy) is 1. The minimum atomic E-state index is -3.07. The second-order valence-corrected chi connectivity index (χ2v) is 5.59. The van der Waals surface area contributed by atoms with Gasteiger partial charge in [-0.1, -0.05) is 29.3 Å². The molecule has 0 aromatic rings. The molecule has 0 saturated heterocycles. The topological polar surface area (TPSA) is 55.4 Å². The number of alkyl halides is 1. The van der Waals surface area contributed by atoms with Gasteiger partial charge in [-0.3, -0.25) is 0 Å². The van der Waals surface area contributed by atoms with Gasteiger partial charge < -0.3 is 4.74 Å². The van der Waals surface area contributed by atoms with E-state index in [9.17, 15) is 8.42 Å². The summed E-state index contributed by atoms with van der Waals surface area (Å²) in [5.74, 6) is 0.210. The lowest BCUT2D eigenvalue weighted by atomic mass is 10.4. The molecule has 14 heavy (non-hydrogen) atoms. The quantitative estimate of drug-likeness (QED) is 0.511. The predicted octanol–water partition coefficient (Wildman–Crippen LogP) is 1.12. The monoisotopic (exact) mass is 287 g/mol. The molecule has 0 aliphatic rings. The van der Waals surface area contributed by atoms with Gasteiger partial charge in [0, 0.05) is 11.9 Å². The van der Waals surface area contributed by atoms with Crippen LogP contribution in [0.25, 0.3) is 0 Å². The fraction of sp³-hybridized carbons (Fsp3) is 1.00. The normalized spacial score (nSPS) is 11.9. The van der Waals surface area contributed by atoms with Gasteiger partial charge in [0.05, 0.1) is 19.0 Å². The standard InChI is InChI=1S/C8H18BrNO3S/c1-2-3-8-14(11,12)10-5-7-13-6-4-9/h10H,2-8H2,1H3. The number of nitrogens with one attached hydrogen (secondary N) is 1. The van der Waals surface area contributed by atoms with E-state index in [1.807, 2.05) is 6.92 Å². The van der Waals surface area contributed by atoms with E-state index in [0.29, 0.717) is 26.2 Å². The molecule has 0 aliphatic carbocycles. The smallest absolute Gasteiger partial charge is 0.211 e. The molecule has 0 saturated carbocycles. The van der Waals surface area contributed by atoms with Crippen molar-refractivity contribution in [2.24, 2.45) is 0 Å². The SMILES string of the molecule is CCCCS(=O)(=O)NCCOCCBr. The van der Waals surface area contributed by atoms with Crippen LogP contribution in [-0.2, 0) is 14.8 Å². The minimum Gasteiger partial charge on any atom is -0.379 e. The van der Waals surface area contributed by atoms with Gasteiger partial charge in [-0.15, -0.1) is 0 Å². The van der Waals surface area contributed by atoms with E-state index in [1.165, 1.54) is 0 Å². The molecule has 86 valence electrons. The summed E-state index contributed by atoms with van der Waals surface area (Å²) in [6.07, 6.45) is 1.60. The number of halogens is 1. The van der Waals surface area contributed by atoms with Crippen LogP contribution in [0.1, 0.15) is 19.8 Å². The number of hydrogen-bond donors (Lipinski definition) is 1. The first-order chi connectivity index (χ1) is 6.62. The van der Waals surface area contributed by atoms with E-state index in [2.05, 4.69) is 20.7 Å². The molecule has 4 nitrogen and oxygen atoms in total. The molecular formula is C8H18BrNO3S. The lowest BCUT2D eigenvalue weighted by Crippen LogP contribution is -2.29. The van der Waals surface area contributed by atoms with Crippen LogP contribution in [0.3, 0.4) is 0 Å². The lowest BCUT2D eigenvalue weighted by molar-refractivity contribution is 0.156. The van der Waals surface area contributed by atoms with Gasteiger partial charge in [-0.2, -0.15) is 0 Å². The molecule has 1 N–H and O–H groups in total. The summed E-state index contributed by atoms with van der Waals surface area (Å²) in [5, 5.41) is 0.773. The van der Waals surface area contributed by atoms with Crippen LogP contribution in [0, 0.1) is 0 Å². The average Bonchev–Trinajstić information content (AvgIpc) is 2.15. The Morgan fingerprint density at radius 3 is 2.64 bits per heavy atom. The number of unbranched alkanes of at least 4 members (excludes halogenated alkanes) is 1. The third-order valence-corrected chi connectivity index (χ3v) is 3.35. The van der Waals surface area contributed by atoms with Gasteiger partial charge in [0.1, 0.15) is 0 Å². The van der Waals surface area contributed by atoms with Crippen molar-refractivity contribution >= 4 is 26.0 Å². The van der Waals surface area contributed by atoms with Crippen LogP contribution >= 0.6 is 15.9 Å². The van der Waals surface area contributed by atoms with Crippen LogP contribution in [0.15, 0.2) is 0 Å². The Kier molecular flexibility index (Phi) is 8.86. The van der Waals surface area contributed by atoms with E-state index in [4.69, 9.17) is 4.74 Å². The second kappa shape index (κ2) is 8.64. The number of rotatable bonds is 9. The first kappa shape index (κ1) is 14.3. The van der Waals surface area contributed by atoms with E-state index < -0.39 is 10.0 Å². The Balaban J connectivity index is 3.46. The molecule has 0 heterocycles. The van der Waals surface area contributed by atoms with Crippen LogP contribution in [-0.4, -0.2) is 39.3 Å². The molecule has 0 aromatic heterocycles. The van der Waals surface area contributed by atoms with Crippen molar-refractivity contribution in [3.05, 3.63) is 0 Å². The Morgan fingerprint density at radius 1 is 1.36 bits per heavy atom. The van der Waals surface area contributed by atoms with Gasteiger partial charge >= 0.3 is 0 Å². The Hall–Kier alpha value is 0.350. The molecule has 0 atom stereocenters. The zero-order chi connectivity index (χ0) is 10.9. The Bertz CT molecular complexity index is 219. The van der Waals surface area contributed by atoms with Crippen molar-refractivity contribution in [1.29, 1.82) is 0 Å². The summed E-state index contributed by atoms with van der Waals surface area (Å²) in [6, 6.07) is 0. The molecule has 0 aliphatic heterocycles. The number of sulfonamides is 1. The van der Waals surface area contributed by atoms with E-state index in [0.717, 1.165) is 11.8 Å². The zero-order valence-electron chi connectivity index (χ0n) is 8.46. The predicted molar refractivity (Wildman–Crippen MR) is 61.3 cm³/mol. The highest BCUT2D eigenvalue weighted by Gasteiger charge is 2.07. The molecule has 6 heteroatoms. The summed E-state index contributed by atoms with van der Waals surface area (Å²) in [6.45, 7) is 3.36. The van der Waals surface area contributed by atoms with Gasteiger partial charge in [0.2, 0.25) is 10.0 Å². The highest BCUT2D eigenvalue weighted by Crippen LogP contribution is 1.92. The van der Waals surface area contributed by atoms with Crippen molar-refractivity contribution in [1.82, 2.24) is 4.72 Å². The van der Waals surface area contributed by atoms with Gasteiger partial charge in [0.15, 0.2) is 0 Å². The van der Waals surface area contributed by atoms with Crippen molar-refractivity contribution < 1.29 is 13.2 Å². The van der Waals surface area contributed by atoms with Crippen LogP contribution in [0.5, 0.6) is 0 Å². The zero-order valence-corrected chi connectivity index (χ0v) is 10.9. The maximum Gasteiger partial charge on any atom is 0.211 e. The van der Waals surface area contributed by atoms with Gasteiger partial charge in [-0.05, 0) is 6.42 Å².